The van der Waals surface area contributed by atoms with Crippen molar-refractivity contribution < 1.29 is 98.4 Å². The summed E-state index contributed by atoms with van der Waals surface area (Å²) < 4.78 is 25.9. The minimum absolute atomic E-state index is 0. The molecule has 9 N–H and O–H groups in total. The van der Waals surface area contributed by atoms with E-state index in [0.29, 0.717) is 0 Å². The number of rotatable bonds is 4. The molecule has 0 amide bonds. The fourth-order valence-corrected chi connectivity index (χ4v) is 1.64. The van der Waals surface area contributed by atoms with Crippen LogP contribution in [-0.2, 0) is 28.2 Å². The molecular formula is C12H17AlCaO20P2. The number of esters is 2. The number of phosphoric acid groups is 2. The summed E-state index contributed by atoms with van der Waals surface area (Å²) in [6.07, 6.45) is -5.66. The number of carbonyl (C=O) groups is 2. The number of ether oxygens (including phenoxy) is 2. The third kappa shape index (κ3) is 18.7. The second-order valence-electron chi connectivity index (χ2n) is 5.54. The van der Waals surface area contributed by atoms with Crippen molar-refractivity contribution >= 4 is 82.7 Å². The van der Waals surface area contributed by atoms with Gasteiger partial charge in [0.05, 0.1) is 13.2 Å². The number of hydrogen-bond acceptors (Lipinski definition) is 18. The van der Waals surface area contributed by atoms with Gasteiger partial charge in [-0.25, -0.2) is 9.59 Å². The van der Waals surface area contributed by atoms with Crippen LogP contribution in [0.15, 0.2) is 23.0 Å². The largest absolute Gasteiger partial charge is 3.00 e. The van der Waals surface area contributed by atoms with Gasteiger partial charge in [-0.15, -0.1) is 0 Å². The van der Waals surface area contributed by atoms with Crippen molar-refractivity contribution in [2.24, 2.45) is 0 Å². The molecule has 0 aromatic rings. The topological polar surface area (TPSA) is 384 Å². The molecule has 4 atom stereocenters. The van der Waals surface area contributed by atoms with E-state index in [1.165, 1.54) is 0 Å². The number of carbonyl (C=O) groups excluding carboxylic acids is 2. The molecule has 36 heavy (non-hydrogen) atoms. The molecular weight excluding hydrogens is 593 g/mol. The summed E-state index contributed by atoms with van der Waals surface area (Å²) in [5.41, 5.74) is 0. The van der Waals surface area contributed by atoms with Crippen molar-refractivity contribution in [1.82, 2.24) is 0 Å². The van der Waals surface area contributed by atoms with E-state index < -0.39 is 88.3 Å². The van der Waals surface area contributed by atoms with E-state index >= 15 is 0 Å². The van der Waals surface area contributed by atoms with E-state index in [-0.39, 0.29) is 55.1 Å². The van der Waals surface area contributed by atoms with E-state index in [4.69, 9.17) is 74.2 Å². The summed E-state index contributed by atoms with van der Waals surface area (Å²) >= 11 is 0. The maximum Gasteiger partial charge on any atom is 3.00 e. The van der Waals surface area contributed by atoms with Crippen LogP contribution >= 0.6 is 15.6 Å². The van der Waals surface area contributed by atoms with E-state index in [2.05, 4.69) is 9.47 Å². The van der Waals surface area contributed by atoms with Crippen molar-refractivity contribution in [3.05, 3.63) is 23.0 Å². The second kappa shape index (κ2) is 18.7. The van der Waals surface area contributed by atoms with Crippen LogP contribution in [0.1, 0.15) is 0 Å². The molecule has 20 nitrogen and oxygen atoms in total. The van der Waals surface area contributed by atoms with E-state index in [0.717, 1.165) is 0 Å². The van der Waals surface area contributed by atoms with Crippen LogP contribution < -0.4 is 24.7 Å². The van der Waals surface area contributed by atoms with Gasteiger partial charge in [-0.2, -0.15) is 7.82 Å². The number of aliphatic hydroxyl groups is 7. The Bertz CT molecular complexity index is 778. The van der Waals surface area contributed by atoms with Crippen LogP contribution in [0.25, 0.3) is 0 Å². The number of aliphatic hydroxyl groups excluding tert-OH is 7. The maximum absolute atomic E-state index is 10.6. The molecule has 2 aliphatic rings. The summed E-state index contributed by atoms with van der Waals surface area (Å²) in [5.74, 6) is -6.03. The van der Waals surface area contributed by atoms with Crippen LogP contribution in [0.5, 0.6) is 0 Å². The Kier molecular flexibility index (Phi) is 22.1. The summed E-state index contributed by atoms with van der Waals surface area (Å²) in [6, 6.07) is 0. The third-order valence-corrected chi connectivity index (χ3v) is 2.93. The molecule has 0 saturated carbocycles. The van der Waals surface area contributed by atoms with Crippen molar-refractivity contribution in [2.75, 3.05) is 13.2 Å². The molecule has 2 aliphatic heterocycles. The molecule has 2 rings (SSSR count). The first-order valence-corrected chi connectivity index (χ1v) is 10.9. The molecule has 0 spiro atoms. The Morgan fingerprint density at radius 3 is 1.28 bits per heavy atom. The van der Waals surface area contributed by atoms with Gasteiger partial charge in [-0.05, 0) is 0 Å². The Labute approximate surface area is 240 Å². The Morgan fingerprint density at radius 1 is 0.806 bits per heavy atom. The molecule has 0 unspecified atom stereocenters. The van der Waals surface area contributed by atoms with Crippen LogP contribution in [0.2, 0.25) is 0 Å². The van der Waals surface area contributed by atoms with Gasteiger partial charge < -0.3 is 84.3 Å². The zero-order valence-electron chi connectivity index (χ0n) is 17.4. The second-order valence-corrected chi connectivity index (χ2v) is 7.41. The predicted molar refractivity (Wildman–Crippen MR) is 99.0 cm³/mol. The smallest absolute Gasteiger partial charge is 0.865 e. The molecule has 0 saturated heterocycles. The number of cyclic esters (lactones) is 2. The quantitative estimate of drug-likeness (QED) is 0.0810. The Balaban J connectivity index is -0.000000201. The van der Waals surface area contributed by atoms with Gasteiger partial charge >= 0.3 is 67.0 Å². The normalized spacial score (nSPS) is 20.5. The zero-order chi connectivity index (χ0) is 27.6. The molecule has 24 heteroatoms. The summed E-state index contributed by atoms with van der Waals surface area (Å²) in [4.78, 5) is 69.6. The average Bonchev–Trinajstić information content (AvgIpc) is 3.09. The molecule has 0 aromatic heterocycles. The summed E-state index contributed by atoms with van der Waals surface area (Å²) in [6.45, 7) is -1.37. The minimum Gasteiger partial charge on any atom is -0.865 e. The van der Waals surface area contributed by atoms with Gasteiger partial charge in [0.2, 0.25) is 5.76 Å². The van der Waals surface area contributed by atoms with Gasteiger partial charge in [0, 0.05) is 5.76 Å². The van der Waals surface area contributed by atoms with Gasteiger partial charge in [0.1, 0.15) is 18.0 Å². The van der Waals surface area contributed by atoms with E-state index in [9.17, 15) is 14.7 Å². The Morgan fingerprint density at radius 2 is 1.08 bits per heavy atom. The molecule has 0 radical (unpaired) electrons. The fourth-order valence-electron chi connectivity index (χ4n) is 1.64. The van der Waals surface area contributed by atoms with Crippen molar-refractivity contribution in [3.63, 3.8) is 0 Å². The Hall–Kier alpha value is -0.528. The van der Waals surface area contributed by atoms with Crippen LogP contribution in [0, 0.1) is 0 Å². The zero-order valence-corrected chi connectivity index (χ0v) is 22.6. The molecule has 0 aliphatic carbocycles. The molecule has 2 heterocycles. The van der Waals surface area contributed by atoms with Crippen LogP contribution in [-0.4, -0.2) is 150 Å². The van der Waals surface area contributed by atoms with Crippen molar-refractivity contribution in [1.29, 1.82) is 0 Å². The number of hydrogen-bond donors (Lipinski definition) is 9. The van der Waals surface area contributed by atoms with E-state index in [1.807, 2.05) is 0 Å². The van der Waals surface area contributed by atoms with E-state index in [1.54, 1.807) is 0 Å². The molecule has 0 bridgehead atoms. The minimum atomic E-state index is -5.39. The predicted octanol–water partition coefficient (Wildman–Crippen LogP) is -9.16. The SMILES string of the molecule is O=C1O[C@H]([C@@H](O)CO)C(O)=C1O.O=C1O[C@H]([C@@H](O)CO)C(O)=C1[O-].O=P([O-])(O)O.O=P([O-])([O-])[O-].[Al+3].[Ca+2]. The molecule has 0 aromatic carbocycles. The van der Waals surface area contributed by atoms with Crippen molar-refractivity contribution in [3.8, 4) is 0 Å². The molecule has 200 valence electrons. The summed E-state index contributed by atoms with van der Waals surface area (Å²) in [7, 11) is -10.3. The van der Waals surface area contributed by atoms with Crippen molar-refractivity contribution in [2.45, 2.75) is 24.4 Å². The summed E-state index contributed by atoms with van der Waals surface area (Å²) in [5, 5.41) is 71.8. The first kappa shape index (κ1) is 42.6. The maximum atomic E-state index is 10.6. The molecule has 0 fully saturated rings. The van der Waals surface area contributed by atoms with Gasteiger partial charge in [0.25, 0.3) is 7.82 Å². The third-order valence-electron chi connectivity index (χ3n) is 2.93. The standard InChI is InChI=1S/2C6H8O6.Al.Ca.2H3O4P/c2*7-1-2(8)5-3(9)4(10)6(11)12-5;;;2*1-5(2,3)4/h2*2,5,7-10H,1H2;;;2*(H3,1,2,3,4)/q;;+3;+2;;/p-5/t2*2-,5+;;;;/m00..../s1. The van der Waals surface area contributed by atoms with Gasteiger partial charge in [0.15, 0.2) is 18.0 Å². The van der Waals surface area contributed by atoms with Gasteiger partial charge in [-0.1, -0.05) is 0 Å². The van der Waals surface area contributed by atoms with Crippen LogP contribution in [0.4, 0.5) is 0 Å². The average molecular weight is 610 g/mol. The van der Waals surface area contributed by atoms with Gasteiger partial charge in [-0.3, -0.25) is 4.57 Å². The first-order valence-electron chi connectivity index (χ1n) is 7.87. The monoisotopic (exact) mass is 610 g/mol. The van der Waals surface area contributed by atoms with Crippen LogP contribution in [0.3, 0.4) is 0 Å². The fraction of sp³-hybridized carbons (Fsp3) is 0.500. The first-order chi connectivity index (χ1) is 15.1.